The molecule has 0 aliphatic carbocycles. The fraction of sp³-hybridized carbons (Fsp3) is 0.556. The Labute approximate surface area is 169 Å². The molecule has 1 amide bonds. The molecule has 10 heteroatoms. The Kier molecular flexibility index (Phi) is 8.82. The second-order valence-corrected chi connectivity index (χ2v) is 9.04. The summed E-state index contributed by atoms with van der Waals surface area (Å²) >= 11 is 1.41. The van der Waals surface area contributed by atoms with Gasteiger partial charge in [-0.2, -0.15) is 0 Å². The van der Waals surface area contributed by atoms with Crippen LogP contribution in [0.25, 0.3) is 0 Å². The monoisotopic (exact) mass is 430 g/mol. The van der Waals surface area contributed by atoms with Crippen molar-refractivity contribution in [2.45, 2.75) is 26.3 Å². The van der Waals surface area contributed by atoms with E-state index < -0.39 is 7.60 Å². The van der Waals surface area contributed by atoms with E-state index in [1.165, 1.54) is 11.8 Å². The summed E-state index contributed by atoms with van der Waals surface area (Å²) in [6, 6.07) is 5.08. The van der Waals surface area contributed by atoms with Gasteiger partial charge in [0.1, 0.15) is 11.5 Å². The summed E-state index contributed by atoms with van der Waals surface area (Å²) < 4.78 is 33.8. The molecule has 1 aromatic carbocycles. The molecule has 1 atom stereocenters. The molecule has 2 rings (SSSR count). The molecule has 1 unspecified atom stereocenters. The third kappa shape index (κ3) is 6.51. The second kappa shape index (κ2) is 10.9. The van der Waals surface area contributed by atoms with Gasteiger partial charge in [0.05, 0.1) is 46.1 Å². The average molecular weight is 430 g/mol. The number of carbonyl (C=O) groups excluding carboxylic acids is 1. The van der Waals surface area contributed by atoms with Crippen LogP contribution < -0.4 is 14.8 Å². The molecule has 28 heavy (non-hydrogen) atoms. The van der Waals surface area contributed by atoms with Gasteiger partial charge in [-0.1, -0.05) is 11.8 Å². The Balaban J connectivity index is 1.98. The van der Waals surface area contributed by atoms with Crippen molar-refractivity contribution in [3.05, 3.63) is 23.8 Å². The van der Waals surface area contributed by atoms with Crippen LogP contribution in [0, 0.1) is 0 Å². The summed E-state index contributed by atoms with van der Waals surface area (Å²) in [5.41, 5.74) is 0.719. The molecule has 1 aliphatic heterocycles. The van der Waals surface area contributed by atoms with Crippen molar-refractivity contribution in [2.24, 2.45) is 4.99 Å². The van der Waals surface area contributed by atoms with E-state index in [0.717, 1.165) is 5.56 Å². The van der Waals surface area contributed by atoms with Gasteiger partial charge in [-0.3, -0.25) is 14.4 Å². The molecule has 1 aliphatic rings. The van der Waals surface area contributed by atoms with Crippen molar-refractivity contribution in [3.63, 3.8) is 0 Å². The van der Waals surface area contributed by atoms with E-state index in [9.17, 15) is 9.36 Å². The molecular weight excluding hydrogens is 403 g/mol. The first-order valence-electron chi connectivity index (χ1n) is 9.02. The summed E-state index contributed by atoms with van der Waals surface area (Å²) in [5.74, 6) is 1.67. The summed E-state index contributed by atoms with van der Waals surface area (Å²) in [5, 5.41) is 3.31. The van der Waals surface area contributed by atoms with Gasteiger partial charge in [-0.05, 0) is 32.0 Å². The normalized spacial score (nSPS) is 16.6. The largest absolute Gasteiger partial charge is 0.497 e. The van der Waals surface area contributed by atoms with E-state index in [4.69, 9.17) is 18.5 Å². The number of ether oxygens (including phenoxy) is 2. The van der Waals surface area contributed by atoms with E-state index in [2.05, 4.69) is 10.3 Å². The molecule has 0 aromatic heterocycles. The van der Waals surface area contributed by atoms with Crippen LogP contribution >= 0.6 is 19.4 Å². The molecule has 1 aromatic rings. The zero-order valence-corrected chi connectivity index (χ0v) is 18.3. The Morgan fingerprint density at radius 3 is 2.57 bits per heavy atom. The Hall–Kier alpha value is -1.54. The quantitative estimate of drug-likeness (QED) is 0.570. The number of thioether (sulfide) groups is 1. The first-order chi connectivity index (χ1) is 13.4. The number of amides is 1. The predicted octanol–water partition coefficient (Wildman–Crippen LogP) is 3.10. The lowest BCUT2D eigenvalue weighted by Gasteiger charge is -2.18. The van der Waals surface area contributed by atoms with Gasteiger partial charge in [0, 0.05) is 11.3 Å². The van der Waals surface area contributed by atoms with Crippen LogP contribution in [0.1, 0.15) is 19.4 Å². The molecule has 1 heterocycles. The van der Waals surface area contributed by atoms with Crippen LogP contribution in [0.5, 0.6) is 11.5 Å². The van der Waals surface area contributed by atoms with Gasteiger partial charge < -0.3 is 23.8 Å². The topological polar surface area (TPSA) is 95.5 Å². The summed E-state index contributed by atoms with van der Waals surface area (Å²) in [6.07, 6.45) is 0.325. The van der Waals surface area contributed by atoms with E-state index in [-0.39, 0.29) is 24.5 Å². The van der Waals surface area contributed by atoms with Crippen molar-refractivity contribution in [1.29, 1.82) is 0 Å². The maximum absolute atomic E-state index is 12.6. The van der Waals surface area contributed by atoms with Crippen molar-refractivity contribution in [1.82, 2.24) is 5.32 Å². The predicted molar refractivity (Wildman–Crippen MR) is 111 cm³/mol. The summed E-state index contributed by atoms with van der Waals surface area (Å²) in [4.78, 5) is 16.9. The molecule has 0 saturated carbocycles. The maximum atomic E-state index is 12.6. The number of carbonyl (C=O) groups is 1. The number of amidine groups is 1. The first-order valence-corrected chi connectivity index (χ1v) is 11.7. The number of aliphatic imine (C=N–C) groups is 1. The molecule has 0 fully saturated rings. The molecule has 8 nitrogen and oxygen atoms in total. The molecule has 156 valence electrons. The van der Waals surface area contributed by atoms with E-state index in [1.807, 2.05) is 0 Å². The molecule has 0 bridgehead atoms. The highest BCUT2D eigenvalue weighted by Crippen LogP contribution is 2.49. The highest BCUT2D eigenvalue weighted by molar-refractivity contribution is 8.14. The van der Waals surface area contributed by atoms with Crippen molar-refractivity contribution >= 4 is 30.4 Å². The Morgan fingerprint density at radius 2 is 1.96 bits per heavy atom. The molecule has 0 radical (unpaired) electrons. The van der Waals surface area contributed by atoms with Gasteiger partial charge in [-0.15, -0.1) is 0 Å². The molecule has 1 N–H and O–H groups in total. The van der Waals surface area contributed by atoms with Gasteiger partial charge in [0.15, 0.2) is 5.17 Å². The number of hydrogen-bond donors (Lipinski definition) is 1. The van der Waals surface area contributed by atoms with E-state index >= 15 is 0 Å². The van der Waals surface area contributed by atoms with Crippen LogP contribution in [-0.4, -0.2) is 56.5 Å². The Morgan fingerprint density at radius 1 is 1.25 bits per heavy atom. The first kappa shape index (κ1) is 22.7. The average Bonchev–Trinajstić information content (AvgIpc) is 3.08. The third-order valence-electron chi connectivity index (χ3n) is 3.88. The summed E-state index contributed by atoms with van der Waals surface area (Å²) in [7, 11) is -0.0437. The van der Waals surface area contributed by atoms with Crippen molar-refractivity contribution in [2.75, 3.05) is 39.3 Å². The van der Waals surface area contributed by atoms with Crippen LogP contribution in [0.2, 0.25) is 0 Å². The smallest absolute Gasteiger partial charge is 0.332 e. The minimum absolute atomic E-state index is 0.126. The highest BCUT2D eigenvalue weighted by Gasteiger charge is 2.31. The minimum atomic E-state index is -3.17. The van der Waals surface area contributed by atoms with Crippen molar-refractivity contribution < 1.29 is 27.9 Å². The van der Waals surface area contributed by atoms with Gasteiger partial charge >= 0.3 is 7.60 Å². The number of nitrogens with one attached hydrogen (secondary N) is 1. The fourth-order valence-corrected chi connectivity index (χ4v) is 5.65. The third-order valence-corrected chi connectivity index (χ3v) is 7.09. The van der Waals surface area contributed by atoms with Crippen LogP contribution in [0.4, 0.5) is 0 Å². The lowest BCUT2D eigenvalue weighted by molar-refractivity contribution is -0.119. The maximum Gasteiger partial charge on any atom is 0.332 e. The highest BCUT2D eigenvalue weighted by atomic mass is 32.2. The zero-order chi connectivity index (χ0) is 20.6. The van der Waals surface area contributed by atoms with Crippen LogP contribution in [0.3, 0.4) is 0 Å². The van der Waals surface area contributed by atoms with E-state index in [0.29, 0.717) is 35.6 Å². The zero-order valence-electron chi connectivity index (χ0n) is 16.6. The van der Waals surface area contributed by atoms with Crippen LogP contribution in [0.15, 0.2) is 23.2 Å². The van der Waals surface area contributed by atoms with Gasteiger partial charge in [0.25, 0.3) is 0 Å². The Bertz CT molecular complexity index is 748. The number of methoxy groups -OCH3 is 2. The second-order valence-electron chi connectivity index (χ2n) is 5.93. The van der Waals surface area contributed by atoms with Gasteiger partial charge in [0.2, 0.25) is 5.91 Å². The van der Waals surface area contributed by atoms with Crippen LogP contribution in [-0.2, 0) is 24.8 Å². The lowest BCUT2D eigenvalue weighted by atomic mass is 10.1. The molecular formula is C18H27N2O6PS. The molecule has 0 spiro atoms. The number of benzene rings is 1. The number of rotatable bonds is 10. The molecule has 0 saturated heterocycles. The standard InChI is InChI=1S/C18H27N2O6PS/c1-5-25-27(22,26-6-2)11-14-12-28-18(19-14)20-17(21)10-13-9-15(23-3)7-8-16(13)24-4/h7-9,14H,5-6,10-12H2,1-4H3,(H,19,20,21). The van der Waals surface area contributed by atoms with E-state index in [1.54, 1.807) is 46.3 Å². The number of nitrogens with zero attached hydrogens (tertiary/aromatic N) is 1. The summed E-state index contributed by atoms with van der Waals surface area (Å²) in [6.45, 7) is 4.17. The van der Waals surface area contributed by atoms with Gasteiger partial charge in [-0.25, -0.2) is 0 Å². The lowest BCUT2D eigenvalue weighted by Crippen LogP contribution is -2.29. The SMILES string of the molecule is CCOP(=O)(CC1CSC(NC(=O)Cc2cc(OC)ccc2OC)=N1)OCC. The fourth-order valence-electron chi connectivity index (χ4n) is 2.73. The minimum Gasteiger partial charge on any atom is -0.497 e. The number of hydrogen-bond acceptors (Lipinski definition) is 8. The van der Waals surface area contributed by atoms with Crippen molar-refractivity contribution in [3.8, 4) is 11.5 Å².